The Morgan fingerprint density at radius 3 is 2.39 bits per heavy atom. The Kier molecular flexibility index (Phi) is 7.07. The van der Waals surface area contributed by atoms with E-state index in [1.54, 1.807) is 36.7 Å². The highest BCUT2D eigenvalue weighted by Gasteiger charge is 2.66. The van der Waals surface area contributed by atoms with Gasteiger partial charge in [0.05, 0.1) is 0 Å². The summed E-state index contributed by atoms with van der Waals surface area (Å²) < 4.78 is 29.6. The summed E-state index contributed by atoms with van der Waals surface area (Å²) in [5.41, 5.74) is -1.44. The largest absolute Gasteiger partial charge is 0.478 e. The van der Waals surface area contributed by atoms with Gasteiger partial charge in [0.15, 0.2) is 5.60 Å². The molecule has 2 aromatic heterocycles. The van der Waals surface area contributed by atoms with Gasteiger partial charge in [-0.2, -0.15) is 0 Å². The smallest absolute Gasteiger partial charge is 0.347 e. The fourth-order valence-electron chi connectivity index (χ4n) is 7.27. The van der Waals surface area contributed by atoms with Crippen molar-refractivity contribution < 1.29 is 37.7 Å². The van der Waals surface area contributed by atoms with Crippen LogP contribution in [0.4, 0.5) is 0 Å². The van der Waals surface area contributed by atoms with Crippen LogP contribution in [0.2, 0.25) is 0 Å². The zero-order valence-electron chi connectivity index (χ0n) is 24.1. The molecule has 2 fully saturated rings. The van der Waals surface area contributed by atoms with Gasteiger partial charge in [0.25, 0.3) is 0 Å². The predicted octanol–water partition coefficient (Wildman–Crippen LogP) is 4.49. The Hall–Kier alpha value is -3.95. The molecule has 0 spiro atoms. The van der Waals surface area contributed by atoms with Gasteiger partial charge in [0, 0.05) is 50.2 Å². The van der Waals surface area contributed by atoms with Gasteiger partial charge in [-0.05, 0) is 61.3 Å². The molecule has 0 saturated heterocycles. The van der Waals surface area contributed by atoms with Crippen molar-refractivity contribution in [2.24, 2.45) is 16.7 Å². The van der Waals surface area contributed by atoms with Gasteiger partial charge in [0.2, 0.25) is 0 Å². The summed E-state index contributed by atoms with van der Waals surface area (Å²) in [6, 6.07) is 5.18. The van der Waals surface area contributed by atoms with Crippen molar-refractivity contribution in [3.05, 3.63) is 52.1 Å². The van der Waals surface area contributed by atoms with Crippen LogP contribution in [0.15, 0.2) is 45.4 Å². The summed E-state index contributed by atoms with van der Waals surface area (Å²) in [6.45, 7) is 9.93. The summed E-state index contributed by atoms with van der Waals surface area (Å²) in [6.07, 6.45) is 5.18. The summed E-state index contributed by atoms with van der Waals surface area (Å²) in [4.78, 5) is 53.8. The Labute approximate surface area is 238 Å². The fourth-order valence-corrected chi connectivity index (χ4v) is 7.27. The molecular weight excluding hydrogens is 530 g/mol. The molecule has 10 heteroatoms. The Balaban J connectivity index is 1.68. The number of rotatable bonds is 5. The highest BCUT2D eigenvalue weighted by atomic mass is 16.6. The van der Waals surface area contributed by atoms with Crippen LogP contribution in [0.1, 0.15) is 66.4 Å². The zero-order chi connectivity index (χ0) is 29.7. The molecule has 2 aliphatic carbocycles. The standard InChI is InChI=1S/C31H35NO9/c1-17(33)37-16-30(5)24-14-27(39-19(3)35)31(6)25(29(24,4)10-9-26(30)38-18(2)34)12-21-23(41-31)13-22(40-28(21)36)20-8-7-11-32-15-20/h7-8,11-13,15,24,26-27H,9-10,14,16H2,1-6H3/t24?,26-,27-,29-,30-,31-/m0/s1. The highest BCUT2D eigenvalue weighted by Crippen LogP contribution is 2.65. The second-order valence-electron chi connectivity index (χ2n) is 11.9. The second-order valence-corrected chi connectivity index (χ2v) is 11.9. The average Bonchev–Trinajstić information content (AvgIpc) is 2.90. The van der Waals surface area contributed by atoms with Crippen molar-refractivity contribution in [2.75, 3.05) is 6.61 Å². The van der Waals surface area contributed by atoms with E-state index in [1.807, 2.05) is 13.8 Å². The van der Waals surface area contributed by atoms with Crippen molar-refractivity contribution in [1.82, 2.24) is 4.98 Å². The predicted molar refractivity (Wildman–Crippen MR) is 147 cm³/mol. The minimum Gasteiger partial charge on any atom is -0.478 e. The van der Waals surface area contributed by atoms with Crippen LogP contribution < -0.4 is 10.4 Å². The number of esters is 3. The van der Waals surface area contributed by atoms with E-state index in [1.165, 1.54) is 20.8 Å². The van der Waals surface area contributed by atoms with Crippen LogP contribution in [0.5, 0.6) is 5.75 Å². The SMILES string of the molecule is CC(=O)OC[C@@]1(C)C2C[C@H](OC(C)=O)[C@@]3(C)Oc4cc(-c5cccnc5)oc(=O)c4C=C3[C@@]2(C)CC[C@@H]1OC(C)=O. The molecule has 2 aromatic rings. The van der Waals surface area contributed by atoms with Crippen molar-refractivity contribution in [3.63, 3.8) is 0 Å². The van der Waals surface area contributed by atoms with Gasteiger partial charge < -0.3 is 23.4 Å². The number of fused-ring (bicyclic) bond motifs is 4. The molecule has 1 unspecified atom stereocenters. The Morgan fingerprint density at radius 1 is 1.05 bits per heavy atom. The summed E-state index contributed by atoms with van der Waals surface area (Å²) in [7, 11) is 0. The lowest BCUT2D eigenvalue weighted by molar-refractivity contribution is -0.203. The number of aromatic nitrogens is 1. The lowest BCUT2D eigenvalue weighted by Gasteiger charge is -2.63. The lowest BCUT2D eigenvalue weighted by atomic mass is 9.45. The van der Waals surface area contributed by atoms with Gasteiger partial charge in [-0.15, -0.1) is 0 Å². The van der Waals surface area contributed by atoms with Crippen LogP contribution in [0.25, 0.3) is 17.4 Å². The number of hydrogen-bond donors (Lipinski definition) is 0. The molecule has 0 bridgehead atoms. The quantitative estimate of drug-likeness (QED) is 0.377. The van der Waals surface area contributed by atoms with Crippen LogP contribution in [-0.4, -0.2) is 47.3 Å². The maximum absolute atomic E-state index is 13.3. The minimum absolute atomic E-state index is 0.00533. The molecule has 6 atom stereocenters. The van der Waals surface area contributed by atoms with Crippen LogP contribution >= 0.6 is 0 Å². The van der Waals surface area contributed by atoms with E-state index >= 15 is 0 Å². The molecule has 2 saturated carbocycles. The molecule has 1 aliphatic heterocycles. The van der Waals surface area contributed by atoms with Gasteiger partial charge in [-0.1, -0.05) is 13.8 Å². The molecule has 0 amide bonds. The van der Waals surface area contributed by atoms with Crippen LogP contribution in [0, 0.1) is 16.7 Å². The molecule has 5 rings (SSSR count). The average molecular weight is 566 g/mol. The summed E-state index contributed by atoms with van der Waals surface area (Å²) >= 11 is 0. The third kappa shape index (κ3) is 4.83. The third-order valence-corrected chi connectivity index (χ3v) is 9.15. The molecule has 10 nitrogen and oxygen atoms in total. The van der Waals surface area contributed by atoms with Gasteiger partial charge >= 0.3 is 23.5 Å². The van der Waals surface area contributed by atoms with E-state index in [-0.39, 0.29) is 18.1 Å². The number of hydrogen-bond acceptors (Lipinski definition) is 10. The molecule has 3 heterocycles. The van der Waals surface area contributed by atoms with E-state index in [9.17, 15) is 19.2 Å². The maximum Gasteiger partial charge on any atom is 0.347 e. The van der Waals surface area contributed by atoms with Crippen molar-refractivity contribution in [1.29, 1.82) is 0 Å². The second kappa shape index (κ2) is 10.2. The van der Waals surface area contributed by atoms with E-state index in [0.29, 0.717) is 36.3 Å². The van der Waals surface area contributed by atoms with Crippen LogP contribution in [0.3, 0.4) is 0 Å². The fraction of sp³-hybridized carbons (Fsp3) is 0.516. The van der Waals surface area contributed by atoms with E-state index in [4.69, 9.17) is 23.4 Å². The molecule has 0 aromatic carbocycles. The van der Waals surface area contributed by atoms with E-state index in [2.05, 4.69) is 11.9 Å². The topological polar surface area (TPSA) is 131 Å². The number of carbonyl (C=O) groups is 3. The number of pyridine rings is 1. The molecule has 0 N–H and O–H groups in total. The molecular formula is C31H35NO9. The number of nitrogens with zero attached hydrogens (tertiary/aromatic N) is 1. The highest BCUT2D eigenvalue weighted by molar-refractivity contribution is 5.71. The van der Waals surface area contributed by atoms with Crippen molar-refractivity contribution in [2.45, 2.75) is 78.6 Å². The molecule has 218 valence electrons. The van der Waals surface area contributed by atoms with Gasteiger partial charge in [-0.25, -0.2) is 4.79 Å². The summed E-state index contributed by atoms with van der Waals surface area (Å²) in [5.74, 6) is -1.01. The van der Waals surface area contributed by atoms with Crippen LogP contribution in [-0.2, 0) is 28.6 Å². The first-order chi connectivity index (χ1) is 19.3. The third-order valence-electron chi connectivity index (χ3n) is 9.15. The van der Waals surface area contributed by atoms with Gasteiger partial charge in [-0.3, -0.25) is 19.4 Å². The van der Waals surface area contributed by atoms with Crippen molar-refractivity contribution in [3.8, 4) is 17.1 Å². The number of carbonyl (C=O) groups excluding carboxylic acids is 3. The first-order valence-corrected chi connectivity index (χ1v) is 13.8. The number of ether oxygens (including phenoxy) is 4. The first-order valence-electron chi connectivity index (χ1n) is 13.8. The zero-order valence-corrected chi connectivity index (χ0v) is 24.1. The monoisotopic (exact) mass is 565 g/mol. The molecule has 3 aliphatic rings. The summed E-state index contributed by atoms with van der Waals surface area (Å²) in [5, 5.41) is 0. The Morgan fingerprint density at radius 2 is 1.76 bits per heavy atom. The Bertz CT molecular complexity index is 1480. The maximum atomic E-state index is 13.3. The molecule has 0 radical (unpaired) electrons. The van der Waals surface area contributed by atoms with Gasteiger partial charge in [0.1, 0.15) is 35.9 Å². The van der Waals surface area contributed by atoms with E-state index < -0.39 is 52.2 Å². The first kappa shape index (κ1) is 28.6. The minimum atomic E-state index is -1.11. The van der Waals surface area contributed by atoms with Crippen molar-refractivity contribution >= 4 is 24.0 Å². The van der Waals surface area contributed by atoms with E-state index in [0.717, 1.165) is 5.57 Å². The molecule has 41 heavy (non-hydrogen) atoms. The lowest BCUT2D eigenvalue weighted by Crippen LogP contribution is -2.66. The normalized spacial score (nSPS) is 31.8.